The Morgan fingerprint density at radius 2 is 1.14 bits per heavy atom. The Kier molecular flexibility index (Phi) is 17.9. The van der Waals surface area contributed by atoms with E-state index in [0.717, 1.165) is 0 Å². The Morgan fingerprint density at radius 3 is 1.62 bits per heavy atom. The first-order valence-electron chi connectivity index (χ1n) is 23.3. The van der Waals surface area contributed by atoms with E-state index >= 15 is 0 Å². The fraction of sp³-hybridized carbons (Fsp3) is 0.281. The lowest BCUT2D eigenvalue weighted by Crippen LogP contribution is -2.40. The number of carbonyl (C=O) groups excluding carboxylic acids is 6. The molecule has 1 heterocycles. The van der Waals surface area contributed by atoms with Crippen molar-refractivity contribution in [3.8, 4) is 11.5 Å². The molecule has 3 aromatic carbocycles. The highest BCUT2D eigenvalue weighted by Crippen LogP contribution is 2.40. The van der Waals surface area contributed by atoms with Gasteiger partial charge < -0.3 is 43.2 Å². The average Bonchev–Trinajstić information content (AvgIpc) is 4.20. The number of Topliss-reactive ketones (excluding diaryl/α,β-unsaturated/α-hetero) is 1. The van der Waals surface area contributed by atoms with Gasteiger partial charge in [-0.25, -0.2) is 19.2 Å². The highest BCUT2D eigenvalue weighted by Gasteiger charge is 2.38. The van der Waals surface area contributed by atoms with Gasteiger partial charge in [0.1, 0.15) is 49.2 Å². The molecule has 73 heavy (non-hydrogen) atoms. The van der Waals surface area contributed by atoms with Crippen molar-refractivity contribution >= 4 is 64.0 Å². The molecule has 0 aromatic heterocycles. The Balaban J connectivity index is 1.34. The summed E-state index contributed by atoms with van der Waals surface area (Å²) in [4.78, 5) is 78.7. The van der Waals surface area contributed by atoms with E-state index in [0.29, 0.717) is 52.9 Å². The molecule has 2 atom stereocenters. The van der Waals surface area contributed by atoms with Gasteiger partial charge in [-0.2, -0.15) is 4.58 Å². The number of anilines is 2. The van der Waals surface area contributed by atoms with Gasteiger partial charge in [0.25, 0.3) is 0 Å². The Morgan fingerprint density at radius 1 is 0.658 bits per heavy atom. The van der Waals surface area contributed by atoms with Crippen molar-refractivity contribution in [2.45, 2.75) is 59.7 Å². The van der Waals surface area contributed by atoms with Crippen molar-refractivity contribution in [1.82, 2.24) is 0 Å². The van der Waals surface area contributed by atoms with Gasteiger partial charge in [0, 0.05) is 58.0 Å². The van der Waals surface area contributed by atoms with Crippen LogP contribution in [0.15, 0.2) is 163 Å². The smallest absolute Gasteiger partial charge is 0.338 e. The monoisotopic (exact) mass is 995 g/mol. The van der Waals surface area contributed by atoms with E-state index in [4.69, 9.17) is 33.2 Å². The summed E-state index contributed by atoms with van der Waals surface area (Å²) in [5.74, 6) is -3.23. The summed E-state index contributed by atoms with van der Waals surface area (Å²) in [5, 5.41) is 11.6. The second-order valence-electron chi connectivity index (χ2n) is 17.9. The third kappa shape index (κ3) is 13.9. The fourth-order valence-corrected chi connectivity index (χ4v) is 7.21. The number of aliphatic hydroxyl groups excluding tert-OH is 1. The first-order valence-corrected chi connectivity index (χ1v) is 23.3. The molecule has 0 amide bonds. The van der Waals surface area contributed by atoms with Crippen molar-refractivity contribution in [3.63, 3.8) is 0 Å². The minimum atomic E-state index is -0.786. The molecular formula is C57H59N2O14+. The quantitative estimate of drug-likeness (QED) is 0.0237. The average molecular weight is 996 g/mol. The maximum absolute atomic E-state index is 14.0. The van der Waals surface area contributed by atoms with E-state index in [1.807, 2.05) is 4.90 Å². The molecule has 2 unspecified atom stereocenters. The second kappa shape index (κ2) is 24.2. The lowest BCUT2D eigenvalue weighted by molar-refractivity contribution is -0.491. The molecule has 0 bridgehead atoms. The molecule has 1 N–H and O–H groups in total. The predicted molar refractivity (Wildman–Crippen MR) is 273 cm³/mol. The van der Waals surface area contributed by atoms with E-state index < -0.39 is 53.6 Å². The van der Waals surface area contributed by atoms with Crippen molar-refractivity contribution in [2.75, 3.05) is 44.5 Å². The van der Waals surface area contributed by atoms with E-state index in [-0.39, 0.29) is 77.5 Å². The zero-order valence-corrected chi connectivity index (χ0v) is 41.8. The molecule has 16 nitrogen and oxygen atoms in total. The van der Waals surface area contributed by atoms with Gasteiger partial charge in [0.15, 0.2) is 13.2 Å². The number of benzene rings is 3. The van der Waals surface area contributed by atoms with Crippen LogP contribution >= 0.6 is 0 Å². The molecular weight excluding hydrogens is 937 g/mol. The van der Waals surface area contributed by atoms with E-state index in [9.17, 15) is 33.9 Å². The summed E-state index contributed by atoms with van der Waals surface area (Å²) < 4.78 is 40.8. The van der Waals surface area contributed by atoms with Crippen molar-refractivity contribution in [1.29, 1.82) is 0 Å². The van der Waals surface area contributed by atoms with Crippen LogP contribution in [0.5, 0.6) is 11.5 Å². The van der Waals surface area contributed by atoms with Crippen LogP contribution in [0.25, 0.3) is 5.57 Å². The fourth-order valence-electron chi connectivity index (χ4n) is 7.21. The lowest BCUT2D eigenvalue weighted by atomic mass is 9.80. The van der Waals surface area contributed by atoms with E-state index in [2.05, 4.69) is 26.3 Å². The molecule has 380 valence electrons. The number of allylic oxidation sites excluding steroid dienone is 7. The molecule has 1 aliphatic heterocycles. The minimum absolute atomic E-state index is 0.0485. The van der Waals surface area contributed by atoms with Crippen LogP contribution in [0.1, 0.15) is 47.1 Å². The number of nitrogens with zero attached hydrogens (tertiary/aromatic N) is 2. The van der Waals surface area contributed by atoms with Crippen LogP contribution < -0.4 is 14.4 Å². The van der Waals surface area contributed by atoms with E-state index in [1.54, 1.807) is 116 Å². The van der Waals surface area contributed by atoms with Crippen LogP contribution in [0, 0.1) is 5.92 Å². The van der Waals surface area contributed by atoms with Gasteiger partial charge in [-0.15, -0.1) is 0 Å². The third-order valence-electron chi connectivity index (χ3n) is 11.3. The number of carbonyl (C=O) groups is 6. The topological polar surface area (TPSA) is 197 Å². The number of hydrogen-bond donors (Lipinski definition) is 1. The van der Waals surface area contributed by atoms with Gasteiger partial charge >= 0.3 is 29.8 Å². The summed E-state index contributed by atoms with van der Waals surface area (Å²) >= 11 is 0. The van der Waals surface area contributed by atoms with Gasteiger partial charge in [-0.05, 0) is 99.5 Å². The Bertz CT molecular complexity index is 2830. The van der Waals surface area contributed by atoms with Crippen LogP contribution in [-0.2, 0) is 52.5 Å². The second-order valence-corrected chi connectivity index (χ2v) is 17.9. The molecule has 3 aliphatic rings. The molecule has 0 saturated carbocycles. The van der Waals surface area contributed by atoms with Crippen LogP contribution in [-0.4, -0.2) is 109 Å². The van der Waals surface area contributed by atoms with Gasteiger partial charge in [-0.3, -0.25) is 9.59 Å². The number of hydrogen-bond acceptors (Lipinski definition) is 15. The molecule has 0 radical (unpaired) electrons. The number of ketones is 1. The maximum Gasteiger partial charge on any atom is 0.338 e. The maximum atomic E-state index is 14.0. The normalized spacial score (nSPS) is 15.0. The SMILES string of the molecule is C=C(C)C(=O)OCC(COC(=O)C(=C)C)N(c1ccc(OCC2CO2)cc1)c1ccc(C2=C(O)C(=C3C=CC(=[N+](c4ccc(OC(=O)C(=C)C)cc4)C(COC(=O)C(=C)C)COC(=O)C(C)C)C=C3)C2=O)cc1. The minimum Gasteiger partial charge on any atom is -0.506 e. The van der Waals surface area contributed by atoms with Crippen molar-refractivity contribution < 1.29 is 71.6 Å². The number of aliphatic hydroxyl groups is 1. The largest absolute Gasteiger partial charge is 0.506 e. The summed E-state index contributed by atoms with van der Waals surface area (Å²) in [5.41, 5.74) is 4.00. The lowest BCUT2D eigenvalue weighted by Gasteiger charge is -2.33. The van der Waals surface area contributed by atoms with Crippen molar-refractivity contribution in [3.05, 3.63) is 168 Å². The molecule has 3 aromatic rings. The van der Waals surface area contributed by atoms with Gasteiger partial charge in [0.05, 0.1) is 23.7 Å². The zero-order valence-electron chi connectivity index (χ0n) is 41.8. The molecule has 1 fully saturated rings. The van der Waals surface area contributed by atoms with Gasteiger partial charge in [0.2, 0.25) is 23.2 Å². The number of esters is 5. The van der Waals surface area contributed by atoms with Crippen LogP contribution in [0.3, 0.4) is 0 Å². The number of rotatable bonds is 23. The Hall–Kier alpha value is -8.37. The third-order valence-corrected chi connectivity index (χ3v) is 11.3. The summed E-state index contributed by atoms with van der Waals surface area (Å²) in [6, 6.07) is 18.9. The molecule has 6 rings (SSSR count). The molecule has 2 aliphatic carbocycles. The number of epoxide rings is 1. The molecule has 1 saturated heterocycles. The van der Waals surface area contributed by atoms with Gasteiger partial charge in [-0.1, -0.05) is 52.3 Å². The first kappa shape index (κ1) is 54.0. The Labute approximate surface area is 424 Å². The number of ether oxygens (including phenoxy) is 7. The summed E-state index contributed by atoms with van der Waals surface area (Å²) in [6.45, 7) is 24.3. The molecule has 0 spiro atoms. The van der Waals surface area contributed by atoms with Crippen LogP contribution in [0.2, 0.25) is 0 Å². The zero-order chi connectivity index (χ0) is 53.1. The van der Waals surface area contributed by atoms with Crippen LogP contribution in [0.4, 0.5) is 17.1 Å². The standard InChI is InChI=1S/C57H58N2O14/c1-33(2)53(62)69-27-44(28-70-54(63)34(3)4)58(42-19-23-46(24-20-42)67-31-48-32-68-48)40-15-11-38(12-16-40)49-51(60)50(52(49)61)39-13-17-41(18-14-39)59(43-21-25-47(26-22-43)73-57(66)37(9)10)45(29-71-55(64)35(5)6)30-72-56(65)36(7)8/h11-26,36,44-45,48H,1,3,5,9,27-32H2,2,4,6-8,10H3/p+1. The highest BCUT2D eigenvalue weighted by molar-refractivity contribution is 6.39. The summed E-state index contributed by atoms with van der Waals surface area (Å²) in [7, 11) is 0. The highest BCUT2D eigenvalue weighted by atomic mass is 16.6. The first-order chi connectivity index (χ1) is 34.7. The summed E-state index contributed by atoms with van der Waals surface area (Å²) in [6.07, 6.45) is 6.76. The van der Waals surface area contributed by atoms with Crippen molar-refractivity contribution in [2.24, 2.45) is 5.92 Å². The van der Waals surface area contributed by atoms with E-state index in [1.165, 1.54) is 27.7 Å². The predicted octanol–water partition coefficient (Wildman–Crippen LogP) is 8.44. The molecule has 16 heteroatoms.